The number of nitrogen functional groups attached to an aromatic ring is 1. The summed E-state index contributed by atoms with van der Waals surface area (Å²) in [5.74, 6) is 0.0769. The smallest absolute Gasteiger partial charge is 0.148 e. The Morgan fingerprint density at radius 1 is 1.58 bits per heavy atom. The number of benzene rings is 1. The fourth-order valence-corrected chi connectivity index (χ4v) is 2.10. The maximum Gasteiger partial charge on any atom is 0.148 e. The molecule has 3 N–H and O–H groups in total. The topological polar surface area (TPSA) is 59.8 Å². The maximum atomic E-state index is 13.7. The Kier molecular flexibility index (Phi) is 4.44. The van der Waals surface area contributed by atoms with Crippen molar-refractivity contribution in [3.05, 3.63) is 17.9 Å². The number of likely N-dealkylation sites (N-methyl/N-ethyl adjacent to an activating group) is 1. The second kappa shape index (κ2) is 6.08. The van der Waals surface area contributed by atoms with Crippen LogP contribution in [0.1, 0.15) is 0 Å². The lowest BCUT2D eigenvalue weighted by molar-refractivity contribution is -0.0117. The zero-order chi connectivity index (χ0) is 13.8. The maximum absolute atomic E-state index is 13.7. The molecular formula is C13H20FN3O2. The third kappa shape index (κ3) is 3.48. The highest BCUT2D eigenvalue weighted by atomic mass is 19.1. The molecule has 0 amide bonds. The second-order valence-electron chi connectivity index (χ2n) is 4.71. The molecule has 1 aromatic rings. The van der Waals surface area contributed by atoms with E-state index in [1.54, 1.807) is 6.07 Å². The van der Waals surface area contributed by atoms with Gasteiger partial charge in [-0.05, 0) is 7.05 Å². The molecule has 5 nitrogen and oxygen atoms in total. The number of hydrogen-bond donors (Lipinski definition) is 2. The standard InChI is InChI=1S/C13H20FN3O2/c1-17-3-4-19-9(8-17)7-16-12-6-13(18-2)11(15)5-10(12)14/h5-6,9,16H,3-4,7-8,15H2,1-2H3. The number of morpholine rings is 1. The van der Waals surface area contributed by atoms with Crippen LogP contribution in [0.15, 0.2) is 12.1 Å². The Bertz CT molecular complexity index is 442. The zero-order valence-corrected chi connectivity index (χ0v) is 11.3. The number of nitrogens with zero attached hydrogens (tertiary/aromatic N) is 1. The third-order valence-electron chi connectivity index (χ3n) is 3.18. The highest BCUT2D eigenvalue weighted by molar-refractivity contribution is 5.62. The first-order valence-corrected chi connectivity index (χ1v) is 6.27. The van der Waals surface area contributed by atoms with E-state index in [2.05, 4.69) is 10.2 Å². The van der Waals surface area contributed by atoms with Gasteiger partial charge in [0.25, 0.3) is 0 Å². The van der Waals surface area contributed by atoms with E-state index in [1.165, 1.54) is 13.2 Å². The van der Waals surface area contributed by atoms with Gasteiger partial charge in [0.15, 0.2) is 0 Å². The van der Waals surface area contributed by atoms with Crippen LogP contribution in [0.3, 0.4) is 0 Å². The Morgan fingerprint density at radius 2 is 2.37 bits per heavy atom. The van der Waals surface area contributed by atoms with Crippen LogP contribution in [0.5, 0.6) is 5.75 Å². The monoisotopic (exact) mass is 269 g/mol. The van der Waals surface area contributed by atoms with E-state index in [0.717, 1.165) is 13.1 Å². The van der Waals surface area contributed by atoms with Crippen LogP contribution in [0, 0.1) is 5.82 Å². The summed E-state index contributed by atoms with van der Waals surface area (Å²) in [6.45, 7) is 3.02. The molecule has 106 valence electrons. The predicted molar refractivity (Wildman–Crippen MR) is 73.1 cm³/mol. The van der Waals surface area contributed by atoms with Gasteiger partial charge in [-0.15, -0.1) is 0 Å². The summed E-state index contributed by atoms with van der Waals surface area (Å²) in [7, 11) is 3.55. The van der Waals surface area contributed by atoms with Crippen molar-refractivity contribution >= 4 is 11.4 Å². The van der Waals surface area contributed by atoms with Gasteiger partial charge in [-0.3, -0.25) is 0 Å². The molecule has 1 aromatic carbocycles. The van der Waals surface area contributed by atoms with Crippen LogP contribution >= 0.6 is 0 Å². The SMILES string of the molecule is COc1cc(NCC2CN(C)CCO2)c(F)cc1N. The number of nitrogens with one attached hydrogen (secondary N) is 1. The summed E-state index contributed by atoms with van der Waals surface area (Å²) in [6, 6.07) is 2.83. The average molecular weight is 269 g/mol. The fraction of sp³-hybridized carbons (Fsp3) is 0.538. The van der Waals surface area contributed by atoms with Crippen LogP contribution in [-0.4, -0.2) is 51.4 Å². The van der Waals surface area contributed by atoms with Crippen LogP contribution < -0.4 is 15.8 Å². The summed E-state index contributed by atoms with van der Waals surface area (Å²) in [5.41, 5.74) is 6.30. The largest absolute Gasteiger partial charge is 0.495 e. The van der Waals surface area contributed by atoms with E-state index < -0.39 is 0 Å². The molecule has 1 heterocycles. The molecule has 0 radical (unpaired) electrons. The van der Waals surface area contributed by atoms with Crippen molar-refractivity contribution in [1.29, 1.82) is 0 Å². The van der Waals surface area contributed by atoms with Crippen molar-refractivity contribution in [1.82, 2.24) is 4.90 Å². The van der Waals surface area contributed by atoms with Gasteiger partial charge in [0, 0.05) is 31.8 Å². The van der Waals surface area contributed by atoms with Crippen LogP contribution in [0.4, 0.5) is 15.8 Å². The zero-order valence-electron chi connectivity index (χ0n) is 11.3. The minimum atomic E-state index is -0.387. The summed E-state index contributed by atoms with van der Waals surface area (Å²) < 4.78 is 24.4. The molecule has 1 saturated heterocycles. The van der Waals surface area contributed by atoms with Gasteiger partial charge in [-0.25, -0.2) is 4.39 Å². The van der Waals surface area contributed by atoms with Crippen molar-refractivity contribution in [2.45, 2.75) is 6.10 Å². The lowest BCUT2D eigenvalue weighted by Gasteiger charge is -2.30. The number of nitrogens with two attached hydrogens (primary N) is 1. The molecule has 1 fully saturated rings. The van der Waals surface area contributed by atoms with Crippen LogP contribution in [0.2, 0.25) is 0 Å². The molecule has 19 heavy (non-hydrogen) atoms. The molecule has 0 aliphatic carbocycles. The normalized spacial score (nSPS) is 20.3. The number of methoxy groups -OCH3 is 1. The van der Waals surface area contributed by atoms with E-state index in [4.69, 9.17) is 15.2 Å². The third-order valence-corrected chi connectivity index (χ3v) is 3.18. The first-order chi connectivity index (χ1) is 9.10. The molecule has 0 aromatic heterocycles. The predicted octanol–water partition coefficient (Wildman–Crippen LogP) is 1.16. The average Bonchev–Trinajstić information content (AvgIpc) is 2.38. The van der Waals surface area contributed by atoms with Gasteiger partial charge in [-0.1, -0.05) is 0 Å². The lowest BCUT2D eigenvalue weighted by atomic mass is 10.2. The van der Waals surface area contributed by atoms with Gasteiger partial charge >= 0.3 is 0 Å². The van der Waals surface area contributed by atoms with Crippen molar-refractivity contribution < 1.29 is 13.9 Å². The number of rotatable bonds is 4. The van der Waals surface area contributed by atoms with Gasteiger partial charge in [-0.2, -0.15) is 0 Å². The summed E-state index contributed by atoms with van der Waals surface area (Å²) in [5, 5.41) is 3.04. The Morgan fingerprint density at radius 3 is 3.05 bits per heavy atom. The van der Waals surface area contributed by atoms with E-state index in [0.29, 0.717) is 30.3 Å². The Labute approximate surface area is 112 Å². The Balaban J connectivity index is 1.99. The second-order valence-corrected chi connectivity index (χ2v) is 4.71. The molecule has 1 unspecified atom stereocenters. The number of ether oxygens (including phenoxy) is 2. The molecule has 2 rings (SSSR count). The first-order valence-electron chi connectivity index (χ1n) is 6.27. The molecule has 0 bridgehead atoms. The highest BCUT2D eigenvalue weighted by Gasteiger charge is 2.18. The van der Waals surface area contributed by atoms with Gasteiger partial charge in [0.05, 0.1) is 31.2 Å². The lowest BCUT2D eigenvalue weighted by Crippen LogP contribution is -2.43. The summed E-state index contributed by atoms with van der Waals surface area (Å²) in [6.07, 6.45) is 0.0571. The molecule has 6 heteroatoms. The number of halogens is 1. The molecular weight excluding hydrogens is 249 g/mol. The van der Waals surface area contributed by atoms with Gasteiger partial charge < -0.3 is 25.4 Å². The van der Waals surface area contributed by atoms with Crippen molar-refractivity contribution in [2.75, 3.05) is 51.4 Å². The van der Waals surface area contributed by atoms with E-state index in [-0.39, 0.29) is 11.9 Å². The molecule has 1 aliphatic heterocycles. The Hall–Kier alpha value is -1.53. The van der Waals surface area contributed by atoms with E-state index in [9.17, 15) is 4.39 Å². The fourth-order valence-electron chi connectivity index (χ4n) is 2.10. The van der Waals surface area contributed by atoms with Gasteiger partial charge in [0.1, 0.15) is 11.6 Å². The quantitative estimate of drug-likeness (QED) is 0.803. The van der Waals surface area contributed by atoms with Gasteiger partial charge in [0.2, 0.25) is 0 Å². The molecule has 0 saturated carbocycles. The molecule has 0 spiro atoms. The van der Waals surface area contributed by atoms with Crippen molar-refractivity contribution in [2.24, 2.45) is 0 Å². The van der Waals surface area contributed by atoms with Crippen molar-refractivity contribution in [3.63, 3.8) is 0 Å². The number of anilines is 2. The minimum absolute atomic E-state index is 0.0571. The molecule has 1 atom stereocenters. The van der Waals surface area contributed by atoms with Crippen LogP contribution in [-0.2, 0) is 4.74 Å². The molecule has 1 aliphatic rings. The van der Waals surface area contributed by atoms with E-state index in [1.807, 2.05) is 7.05 Å². The van der Waals surface area contributed by atoms with E-state index >= 15 is 0 Å². The summed E-state index contributed by atoms with van der Waals surface area (Å²) >= 11 is 0. The number of hydrogen-bond acceptors (Lipinski definition) is 5. The first kappa shape index (κ1) is 13.9. The summed E-state index contributed by atoms with van der Waals surface area (Å²) in [4.78, 5) is 2.19. The van der Waals surface area contributed by atoms with Crippen molar-refractivity contribution in [3.8, 4) is 5.75 Å². The van der Waals surface area contributed by atoms with Crippen LogP contribution in [0.25, 0.3) is 0 Å². The highest BCUT2D eigenvalue weighted by Crippen LogP contribution is 2.28. The minimum Gasteiger partial charge on any atom is -0.495 e.